The highest BCUT2D eigenvalue weighted by Crippen LogP contribution is 2.23. The van der Waals surface area contributed by atoms with Gasteiger partial charge in [0.25, 0.3) is 0 Å². The second kappa shape index (κ2) is 7.37. The third kappa shape index (κ3) is 3.98. The fourth-order valence-electron chi connectivity index (χ4n) is 2.35. The van der Waals surface area contributed by atoms with E-state index in [-0.39, 0.29) is 0 Å². The average Bonchev–Trinajstić information content (AvgIpc) is 2.41. The smallest absolute Gasteiger partial charge is 0.0553 e. The summed E-state index contributed by atoms with van der Waals surface area (Å²) in [6.45, 7) is 9.08. The highest BCUT2D eigenvalue weighted by molar-refractivity contribution is 5.45. The minimum atomic E-state index is 0.523. The maximum absolute atomic E-state index is 7.00. The molecule has 0 spiro atoms. The van der Waals surface area contributed by atoms with Crippen molar-refractivity contribution in [3.05, 3.63) is 24.0 Å². The lowest BCUT2D eigenvalue weighted by atomic mass is 10.00. The molecule has 1 aromatic heterocycles. The van der Waals surface area contributed by atoms with E-state index in [4.69, 9.17) is 5.11 Å². The van der Waals surface area contributed by atoms with Gasteiger partial charge in [-0.25, -0.2) is 0 Å². The molecule has 3 heteroatoms. The van der Waals surface area contributed by atoms with Crippen molar-refractivity contribution in [2.24, 2.45) is 5.92 Å². The van der Waals surface area contributed by atoms with Crippen molar-refractivity contribution in [1.29, 1.82) is 0 Å². The van der Waals surface area contributed by atoms with E-state index in [1.54, 1.807) is 0 Å². The van der Waals surface area contributed by atoms with Gasteiger partial charge in [-0.15, -0.1) is 0 Å². The quantitative estimate of drug-likeness (QED) is 0.876. The first-order valence-corrected chi connectivity index (χ1v) is 6.82. The lowest BCUT2D eigenvalue weighted by Crippen LogP contribution is -2.34. The molecule has 102 valence electrons. The van der Waals surface area contributed by atoms with Crippen LogP contribution in [0.15, 0.2) is 18.3 Å². The molecule has 0 saturated carbocycles. The van der Waals surface area contributed by atoms with E-state index in [0.717, 1.165) is 13.0 Å². The predicted octanol–water partition coefficient (Wildman–Crippen LogP) is 3.05. The van der Waals surface area contributed by atoms with Gasteiger partial charge in [-0.3, -0.25) is 4.98 Å². The van der Waals surface area contributed by atoms with E-state index in [1.165, 1.54) is 37.3 Å². The first kappa shape index (κ1) is 15.0. The van der Waals surface area contributed by atoms with E-state index in [1.807, 2.05) is 6.20 Å². The highest BCUT2D eigenvalue weighted by atomic mass is 16.2. The Morgan fingerprint density at radius 2 is 2.06 bits per heavy atom. The molecule has 1 unspecified atom stereocenters. The second-order valence-electron chi connectivity index (χ2n) is 5.29. The number of aliphatic hydroxyl groups excluding tert-OH is 1. The SMILES string of the molecule is CC1CCCN(c2ccc(C(C)C)nc2)C1.CO. The van der Waals surface area contributed by atoms with Crippen molar-refractivity contribution in [2.75, 3.05) is 25.1 Å². The Hall–Kier alpha value is -1.09. The summed E-state index contributed by atoms with van der Waals surface area (Å²) >= 11 is 0. The van der Waals surface area contributed by atoms with Gasteiger partial charge in [-0.2, -0.15) is 0 Å². The van der Waals surface area contributed by atoms with E-state index >= 15 is 0 Å². The largest absolute Gasteiger partial charge is 0.400 e. The minimum absolute atomic E-state index is 0.523. The Labute approximate surface area is 111 Å². The number of hydrogen-bond donors (Lipinski definition) is 1. The van der Waals surface area contributed by atoms with E-state index in [9.17, 15) is 0 Å². The molecular formula is C15H26N2O. The van der Waals surface area contributed by atoms with Crippen molar-refractivity contribution >= 4 is 5.69 Å². The molecule has 1 saturated heterocycles. The molecule has 0 radical (unpaired) electrons. The Morgan fingerprint density at radius 3 is 2.56 bits per heavy atom. The third-order valence-corrected chi connectivity index (χ3v) is 3.38. The van der Waals surface area contributed by atoms with Crippen LogP contribution in [0.25, 0.3) is 0 Å². The van der Waals surface area contributed by atoms with Gasteiger partial charge >= 0.3 is 0 Å². The number of pyridine rings is 1. The summed E-state index contributed by atoms with van der Waals surface area (Å²) < 4.78 is 0. The Morgan fingerprint density at radius 1 is 1.33 bits per heavy atom. The molecule has 0 amide bonds. The fourth-order valence-corrected chi connectivity index (χ4v) is 2.35. The van der Waals surface area contributed by atoms with Crippen LogP contribution in [0.4, 0.5) is 5.69 Å². The predicted molar refractivity (Wildman–Crippen MR) is 77.1 cm³/mol. The van der Waals surface area contributed by atoms with E-state index in [2.05, 4.69) is 42.8 Å². The summed E-state index contributed by atoms with van der Waals surface area (Å²) in [4.78, 5) is 7.00. The van der Waals surface area contributed by atoms with Gasteiger partial charge in [0.05, 0.1) is 11.9 Å². The number of hydrogen-bond acceptors (Lipinski definition) is 3. The monoisotopic (exact) mass is 250 g/mol. The van der Waals surface area contributed by atoms with E-state index < -0.39 is 0 Å². The van der Waals surface area contributed by atoms with Gasteiger partial charge in [-0.1, -0.05) is 20.8 Å². The average molecular weight is 250 g/mol. The van der Waals surface area contributed by atoms with Crippen LogP contribution in [0.3, 0.4) is 0 Å². The van der Waals surface area contributed by atoms with Crippen LogP contribution in [0.1, 0.15) is 45.2 Å². The summed E-state index contributed by atoms with van der Waals surface area (Å²) in [6.07, 6.45) is 4.72. The summed E-state index contributed by atoms with van der Waals surface area (Å²) in [6, 6.07) is 4.39. The Balaban J connectivity index is 0.000000771. The lowest BCUT2D eigenvalue weighted by Gasteiger charge is -2.32. The van der Waals surface area contributed by atoms with Crippen LogP contribution >= 0.6 is 0 Å². The van der Waals surface area contributed by atoms with Gasteiger partial charge in [0.1, 0.15) is 0 Å². The summed E-state index contributed by atoms with van der Waals surface area (Å²) in [7, 11) is 1.00. The van der Waals surface area contributed by atoms with E-state index in [0.29, 0.717) is 5.92 Å². The summed E-state index contributed by atoms with van der Waals surface area (Å²) in [5.74, 6) is 1.34. The second-order valence-corrected chi connectivity index (χ2v) is 5.29. The zero-order chi connectivity index (χ0) is 13.5. The zero-order valence-corrected chi connectivity index (χ0v) is 12.1. The van der Waals surface area contributed by atoms with Crippen molar-refractivity contribution in [3.63, 3.8) is 0 Å². The molecule has 1 aliphatic heterocycles. The number of piperidine rings is 1. The standard InChI is InChI=1S/C14H22N2.CH4O/c1-11(2)14-7-6-13(9-15-14)16-8-4-5-12(3)10-16;1-2/h6-7,9,11-12H,4-5,8,10H2,1-3H3;2H,1H3. The number of aliphatic hydroxyl groups is 1. The van der Waals surface area contributed by atoms with Gasteiger partial charge in [0.2, 0.25) is 0 Å². The zero-order valence-electron chi connectivity index (χ0n) is 12.1. The molecule has 3 nitrogen and oxygen atoms in total. The number of anilines is 1. The van der Waals surface area contributed by atoms with Crippen molar-refractivity contribution in [2.45, 2.75) is 39.5 Å². The van der Waals surface area contributed by atoms with Crippen LogP contribution in [0.5, 0.6) is 0 Å². The Kier molecular flexibility index (Phi) is 6.13. The van der Waals surface area contributed by atoms with Crippen LogP contribution in [0, 0.1) is 5.92 Å². The lowest BCUT2D eigenvalue weighted by molar-refractivity contribution is 0.399. The molecular weight excluding hydrogens is 224 g/mol. The normalized spacial score (nSPS) is 19.4. The molecule has 1 aliphatic rings. The van der Waals surface area contributed by atoms with Crippen molar-refractivity contribution < 1.29 is 5.11 Å². The van der Waals surface area contributed by atoms with Gasteiger partial charge in [0, 0.05) is 25.9 Å². The molecule has 0 aromatic carbocycles. The van der Waals surface area contributed by atoms with Crippen molar-refractivity contribution in [3.8, 4) is 0 Å². The summed E-state index contributed by atoms with van der Waals surface area (Å²) in [5.41, 5.74) is 2.48. The number of nitrogens with zero attached hydrogens (tertiary/aromatic N) is 2. The summed E-state index contributed by atoms with van der Waals surface area (Å²) in [5, 5.41) is 7.00. The van der Waals surface area contributed by atoms with Crippen LogP contribution in [-0.4, -0.2) is 30.3 Å². The third-order valence-electron chi connectivity index (χ3n) is 3.38. The number of rotatable bonds is 2. The van der Waals surface area contributed by atoms with Crippen LogP contribution in [-0.2, 0) is 0 Å². The molecule has 2 heterocycles. The topological polar surface area (TPSA) is 36.4 Å². The highest BCUT2D eigenvalue weighted by Gasteiger charge is 2.16. The van der Waals surface area contributed by atoms with Crippen LogP contribution < -0.4 is 4.90 Å². The minimum Gasteiger partial charge on any atom is -0.400 e. The van der Waals surface area contributed by atoms with Crippen molar-refractivity contribution in [1.82, 2.24) is 4.98 Å². The van der Waals surface area contributed by atoms with Gasteiger partial charge < -0.3 is 10.0 Å². The molecule has 0 bridgehead atoms. The van der Waals surface area contributed by atoms with Gasteiger partial charge in [-0.05, 0) is 36.8 Å². The molecule has 1 fully saturated rings. The van der Waals surface area contributed by atoms with Crippen LogP contribution in [0.2, 0.25) is 0 Å². The molecule has 1 N–H and O–H groups in total. The maximum atomic E-state index is 7.00. The molecule has 0 aliphatic carbocycles. The first-order chi connectivity index (χ1) is 8.66. The maximum Gasteiger partial charge on any atom is 0.0553 e. The molecule has 18 heavy (non-hydrogen) atoms. The van der Waals surface area contributed by atoms with Gasteiger partial charge in [0.15, 0.2) is 0 Å². The fraction of sp³-hybridized carbons (Fsp3) is 0.667. The number of aromatic nitrogens is 1. The molecule has 1 atom stereocenters. The Bertz CT molecular complexity index is 335. The molecule has 2 rings (SSSR count). The molecule has 1 aromatic rings. The first-order valence-electron chi connectivity index (χ1n) is 6.82.